The Morgan fingerprint density at radius 1 is 1.15 bits per heavy atom. The first-order valence-electron chi connectivity index (χ1n) is 5.99. The molecule has 0 spiro atoms. The number of benzene rings is 2. The number of Topliss-reactive ketones (excluding diaryl/α,β-unsaturated/α-hetero) is 1. The van der Waals surface area contributed by atoms with Gasteiger partial charge < -0.3 is 4.74 Å². The number of carbonyl (C=O) groups is 1. The van der Waals surface area contributed by atoms with Crippen LogP contribution in [0.15, 0.2) is 36.4 Å². The topological polar surface area (TPSA) is 26.3 Å². The smallest absolute Gasteiger partial charge is 0.170 e. The summed E-state index contributed by atoms with van der Waals surface area (Å²) in [5.74, 6) is -0.895. The lowest BCUT2D eigenvalue weighted by molar-refractivity contribution is 0.0849. The number of fused-ring (bicyclic) bond motifs is 1. The first-order valence-corrected chi connectivity index (χ1v) is 6.37. The molecule has 102 valence electrons. The van der Waals surface area contributed by atoms with Crippen molar-refractivity contribution in [2.45, 2.75) is 12.5 Å². The lowest BCUT2D eigenvalue weighted by Gasteiger charge is -2.25. The van der Waals surface area contributed by atoms with Crippen molar-refractivity contribution >= 4 is 17.4 Å². The van der Waals surface area contributed by atoms with E-state index in [0.717, 1.165) is 6.07 Å². The fraction of sp³-hybridized carbons (Fsp3) is 0.133. The van der Waals surface area contributed by atoms with E-state index in [1.807, 2.05) is 0 Å². The van der Waals surface area contributed by atoms with E-state index in [1.165, 1.54) is 30.3 Å². The molecule has 20 heavy (non-hydrogen) atoms. The highest BCUT2D eigenvalue weighted by Gasteiger charge is 2.28. The quantitative estimate of drug-likeness (QED) is 0.783. The molecule has 0 saturated carbocycles. The van der Waals surface area contributed by atoms with E-state index in [9.17, 15) is 13.6 Å². The van der Waals surface area contributed by atoms with Gasteiger partial charge in [-0.15, -0.1) is 0 Å². The predicted molar refractivity (Wildman–Crippen MR) is 70.1 cm³/mol. The van der Waals surface area contributed by atoms with Gasteiger partial charge in [0.1, 0.15) is 23.5 Å². The molecule has 5 heteroatoms. The van der Waals surface area contributed by atoms with Crippen molar-refractivity contribution in [1.82, 2.24) is 0 Å². The molecule has 0 bridgehead atoms. The van der Waals surface area contributed by atoms with Gasteiger partial charge in [-0.2, -0.15) is 0 Å². The molecule has 0 aromatic heterocycles. The molecular weight excluding hydrogens is 286 g/mol. The lowest BCUT2D eigenvalue weighted by atomic mass is 9.96. The van der Waals surface area contributed by atoms with Gasteiger partial charge in [-0.3, -0.25) is 4.79 Å². The number of halogens is 3. The molecule has 1 atom stereocenters. The molecule has 0 fully saturated rings. The highest BCUT2D eigenvalue weighted by molar-refractivity contribution is 6.30. The van der Waals surface area contributed by atoms with Crippen LogP contribution in [0, 0.1) is 11.6 Å². The van der Waals surface area contributed by atoms with Crippen LogP contribution in [0.3, 0.4) is 0 Å². The number of hydrogen-bond donors (Lipinski definition) is 0. The van der Waals surface area contributed by atoms with E-state index in [4.69, 9.17) is 16.3 Å². The summed E-state index contributed by atoms with van der Waals surface area (Å²) in [6.07, 6.45) is -0.475. The Labute approximate surface area is 118 Å². The van der Waals surface area contributed by atoms with Gasteiger partial charge in [0.05, 0.1) is 17.0 Å². The molecular formula is C15H9ClF2O2. The third-order valence-corrected chi connectivity index (χ3v) is 3.49. The molecule has 0 N–H and O–H groups in total. The minimum absolute atomic E-state index is 0.0246. The zero-order valence-electron chi connectivity index (χ0n) is 10.2. The zero-order valence-corrected chi connectivity index (χ0v) is 11.0. The summed E-state index contributed by atoms with van der Waals surface area (Å²) in [5, 5.41) is -0.0246. The fourth-order valence-corrected chi connectivity index (χ4v) is 2.38. The Morgan fingerprint density at radius 2 is 1.95 bits per heavy atom. The average Bonchev–Trinajstić information content (AvgIpc) is 2.42. The van der Waals surface area contributed by atoms with Gasteiger partial charge in [0, 0.05) is 0 Å². The Kier molecular flexibility index (Phi) is 3.18. The molecule has 2 aromatic rings. The van der Waals surface area contributed by atoms with Crippen molar-refractivity contribution < 1.29 is 18.3 Å². The number of carbonyl (C=O) groups excluding carboxylic acids is 1. The first kappa shape index (κ1) is 13.1. The van der Waals surface area contributed by atoms with Crippen molar-refractivity contribution in [3.8, 4) is 5.75 Å². The fourth-order valence-electron chi connectivity index (χ4n) is 2.19. The summed E-state index contributed by atoms with van der Waals surface area (Å²) in [6, 6.07) is 7.99. The number of ketones is 1. The van der Waals surface area contributed by atoms with Crippen LogP contribution in [0.2, 0.25) is 5.02 Å². The van der Waals surface area contributed by atoms with Gasteiger partial charge in [-0.05, 0) is 35.9 Å². The monoisotopic (exact) mass is 294 g/mol. The summed E-state index contributed by atoms with van der Waals surface area (Å²) in [5.41, 5.74) is 0.842. The van der Waals surface area contributed by atoms with Crippen LogP contribution < -0.4 is 4.74 Å². The van der Waals surface area contributed by atoms with E-state index in [-0.39, 0.29) is 22.8 Å². The van der Waals surface area contributed by atoms with Crippen molar-refractivity contribution in [1.29, 1.82) is 0 Å². The summed E-state index contributed by atoms with van der Waals surface area (Å²) < 4.78 is 31.9. The SMILES string of the molecule is O=C1CC(c2ccc(F)c(Cl)c2)Oc2ccc(F)cc21. The van der Waals surface area contributed by atoms with Gasteiger partial charge >= 0.3 is 0 Å². The molecule has 1 aliphatic heterocycles. The average molecular weight is 295 g/mol. The second-order valence-corrected chi connectivity index (χ2v) is 4.96. The largest absolute Gasteiger partial charge is 0.484 e. The second-order valence-electron chi connectivity index (χ2n) is 4.55. The summed E-state index contributed by atoms with van der Waals surface area (Å²) in [4.78, 5) is 12.0. The van der Waals surface area contributed by atoms with E-state index in [1.54, 1.807) is 0 Å². The van der Waals surface area contributed by atoms with Crippen molar-refractivity contribution in [3.05, 3.63) is 64.2 Å². The standard InChI is InChI=1S/C15H9ClF2O2/c16-11-5-8(1-3-12(11)18)15-7-13(19)10-6-9(17)2-4-14(10)20-15/h1-6,15H,7H2. The second kappa shape index (κ2) is 4.87. The maximum Gasteiger partial charge on any atom is 0.170 e. The van der Waals surface area contributed by atoms with Crippen LogP contribution in [0.25, 0.3) is 0 Å². The van der Waals surface area contributed by atoms with Crippen LogP contribution >= 0.6 is 11.6 Å². The molecule has 1 aliphatic rings. The Hall–Kier alpha value is -1.94. The maximum absolute atomic E-state index is 13.1. The normalized spacial score (nSPS) is 17.6. The predicted octanol–water partition coefficient (Wildman–Crippen LogP) is 4.32. The van der Waals surface area contributed by atoms with Gasteiger partial charge in [-0.25, -0.2) is 8.78 Å². The Morgan fingerprint density at radius 3 is 2.70 bits per heavy atom. The molecule has 3 rings (SSSR count). The van der Waals surface area contributed by atoms with Crippen LogP contribution in [0.4, 0.5) is 8.78 Å². The molecule has 0 radical (unpaired) electrons. The Bertz CT molecular complexity index is 700. The summed E-state index contributed by atoms with van der Waals surface area (Å²) in [6.45, 7) is 0. The van der Waals surface area contributed by atoms with E-state index in [0.29, 0.717) is 11.3 Å². The van der Waals surface area contributed by atoms with Crippen LogP contribution in [0.5, 0.6) is 5.75 Å². The minimum atomic E-state index is -0.543. The molecule has 2 aromatic carbocycles. The zero-order chi connectivity index (χ0) is 14.3. The molecule has 1 heterocycles. The van der Waals surface area contributed by atoms with Gasteiger partial charge in [-0.1, -0.05) is 17.7 Å². The maximum atomic E-state index is 13.1. The molecule has 0 saturated heterocycles. The summed E-state index contributed by atoms with van der Waals surface area (Å²) >= 11 is 5.73. The van der Waals surface area contributed by atoms with E-state index < -0.39 is 17.7 Å². The van der Waals surface area contributed by atoms with Crippen LogP contribution in [-0.4, -0.2) is 5.78 Å². The number of hydrogen-bond acceptors (Lipinski definition) is 2. The van der Waals surface area contributed by atoms with Crippen molar-refractivity contribution in [3.63, 3.8) is 0 Å². The van der Waals surface area contributed by atoms with Gasteiger partial charge in [0.25, 0.3) is 0 Å². The van der Waals surface area contributed by atoms with Crippen molar-refractivity contribution in [2.75, 3.05) is 0 Å². The molecule has 0 amide bonds. The van der Waals surface area contributed by atoms with Gasteiger partial charge in [0.2, 0.25) is 0 Å². The van der Waals surface area contributed by atoms with Crippen molar-refractivity contribution in [2.24, 2.45) is 0 Å². The van der Waals surface area contributed by atoms with Crippen LogP contribution in [0.1, 0.15) is 28.4 Å². The first-order chi connectivity index (χ1) is 9.54. The Balaban J connectivity index is 1.97. The lowest BCUT2D eigenvalue weighted by Crippen LogP contribution is -2.20. The van der Waals surface area contributed by atoms with Gasteiger partial charge in [0.15, 0.2) is 5.78 Å². The summed E-state index contributed by atoms with van der Waals surface area (Å²) in [7, 11) is 0. The number of ether oxygens (including phenoxy) is 1. The highest BCUT2D eigenvalue weighted by Crippen LogP contribution is 2.36. The number of rotatable bonds is 1. The minimum Gasteiger partial charge on any atom is -0.484 e. The third kappa shape index (κ3) is 2.27. The molecule has 0 aliphatic carbocycles. The highest BCUT2D eigenvalue weighted by atomic mass is 35.5. The van der Waals surface area contributed by atoms with E-state index >= 15 is 0 Å². The van der Waals surface area contributed by atoms with E-state index in [2.05, 4.69) is 0 Å². The van der Waals surface area contributed by atoms with Crippen LogP contribution in [-0.2, 0) is 0 Å². The molecule has 2 nitrogen and oxygen atoms in total. The third-order valence-electron chi connectivity index (χ3n) is 3.20. The molecule has 1 unspecified atom stereocenters.